The van der Waals surface area contributed by atoms with Gasteiger partial charge < -0.3 is 14.2 Å². The molecule has 1 N–H and O–H groups in total. The third-order valence-electron chi connectivity index (χ3n) is 3.50. The first-order valence-electron chi connectivity index (χ1n) is 7.08. The molecule has 1 aliphatic rings. The number of hydrogen-bond acceptors (Lipinski definition) is 5. The monoisotopic (exact) mass is 295 g/mol. The van der Waals surface area contributed by atoms with Crippen molar-refractivity contribution in [1.82, 2.24) is 10.2 Å². The van der Waals surface area contributed by atoms with Crippen molar-refractivity contribution in [2.75, 3.05) is 5.32 Å². The number of carbonyl (C=O) groups is 1. The maximum atomic E-state index is 11.7. The standard InChI is InChI=1S/C16H13N3O3/c20-14(10-3-4-10)17-12-7-5-11(6-8-12)15-18-19-16(22-15)13-2-1-9-21-13/h1-2,5-10H,3-4H2,(H,17,20). The molecule has 0 spiro atoms. The molecule has 6 heteroatoms. The topological polar surface area (TPSA) is 81.2 Å². The summed E-state index contributed by atoms with van der Waals surface area (Å²) in [5.74, 6) is 1.56. The van der Waals surface area contributed by atoms with Crippen molar-refractivity contribution in [1.29, 1.82) is 0 Å². The van der Waals surface area contributed by atoms with E-state index in [1.165, 1.54) is 0 Å². The van der Waals surface area contributed by atoms with E-state index in [0.717, 1.165) is 24.1 Å². The van der Waals surface area contributed by atoms with Crippen LogP contribution in [0.2, 0.25) is 0 Å². The van der Waals surface area contributed by atoms with Crippen molar-refractivity contribution >= 4 is 11.6 Å². The van der Waals surface area contributed by atoms with Crippen molar-refractivity contribution in [3.05, 3.63) is 42.7 Å². The zero-order valence-electron chi connectivity index (χ0n) is 11.7. The van der Waals surface area contributed by atoms with Crippen LogP contribution in [0, 0.1) is 5.92 Å². The average Bonchev–Trinajstić information content (AvgIpc) is 3.04. The van der Waals surface area contributed by atoms with E-state index in [4.69, 9.17) is 8.83 Å². The molecule has 2 heterocycles. The van der Waals surface area contributed by atoms with Crippen molar-refractivity contribution in [2.24, 2.45) is 5.92 Å². The number of amides is 1. The molecule has 1 aromatic carbocycles. The Morgan fingerprint density at radius 3 is 2.55 bits per heavy atom. The number of nitrogens with zero attached hydrogens (tertiary/aromatic N) is 2. The van der Waals surface area contributed by atoms with Gasteiger partial charge in [0.25, 0.3) is 5.89 Å². The maximum absolute atomic E-state index is 11.7. The van der Waals surface area contributed by atoms with E-state index in [1.54, 1.807) is 18.4 Å². The molecule has 1 saturated carbocycles. The van der Waals surface area contributed by atoms with Crippen molar-refractivity contribution < 1.29 is 13.6 Å². The van der Waals surface area contributed by atoms with Crippen LogP contribution in [0.1, 0.15) is 12.8 Å². The fourth-order valence-corrected chi connectivity index (χ4v) is 2.13. The van der Waals surface area contributed by atoms with Gasteiger partial charge in [-0.25, -0.2) is 0 Å². The summed E-state index contributed by atoms with van der Waals surface area (Å²) < 4.78 is 10.8. The largest absolute Gasteiger partial charge is 0.459 e. The number of rotatable bonds is 4. The summed E-state index contributed by atoms with van der Waals surface area (Å²) in [7, 11) is 0. The molecule has 1 aliphatic carbocycles. The number of hydrogen-bond donors (Lipinski definition) is 1. The van der Waals surface area contributed by atoms with Crippen LogP contribution in [0.5, 0.6) is 0 Å². The zero-order valence-corrected chi connectivity index (χ0v) is 11.7. The van der Waals surface area contributed by atoms with Crippen LogP contribution >= 0.6 is 0 Å². The fourth-order valence-electron chi connectivity index (χ4n) is 2.13. The van der Waals surface area contributed by atoms with Crippen LogP contribution in [-0.4, -0.2) is 16.1 Å². The fraction of sp³-hybridized carbons (Fsp3) is 0.188. The summed E-state index contributed by atoms with van der Waals surface area (Å²) in [5.41, 5.74) is 1.56. The van der Waals surface area contributed by atoms with Crippen LogP contribution in [-0.2, 0) is 4.79 Å². The molecule has 3 aromatic rings. The van der Waals surface area contributed by atoms with Crippen LogP contribution in [0.25, 0.3) is 23.1 Å². The van der Waals surface area contributed by atoms with Gasteiger partial charge in [-0.05, 0) is 49.2 Å². The normalized spacial score (nSPS) is 14.0. The van der Waals surface area contributed by atoms with E-state index in [2.05, 4.69) is 15.5 Å². The number of benzene rings is 1. The van der Waals surface area contributed by atoms with Crippen molar-refractivity contribution in [3.63, 3.8) is 0 Å². The van der Waals surface area contributed by atoms with Gasteiger partial charge in [-0.2, -0.15) is 0 Å². The Balaban J connectivity index is 1.51. The smallest absolute Gasteiger partial charge is 0.283 e. The summed E-state index contributed by atoms with van der Waals surface area (Å²) in [5, 5.41) is 10.9. The highest BCUT2D eigenvalue weighted by atomic mass is 16.4. The molecule has 1 amide bonds. The maximum Gasteiger partial charge on any atom is 0.283 e. The highest BCUT2D eigenvalue weighted by Crippen LogP contribution is 2.30. The molecule has 2 aromatic heterocycles. The number of carbonyl (C=O) groups excluding carboxylic acids is 1. The van der Waals surface area contributed by atoms with Gasteiger partial charge in [-0.1, -0.05) is 0 Å². The van der Waals surface area contributed by atoms with E-state index >= 15 is 0 Å². The van der Waals surface area contributed by atoms with Crippen LogP contribution in [0.3, 0.4) is 0 Å². The molecular formula is C16H13N3O3. The van der Waals surface area contributed by atoms with Crippen LogP contribution in [0.4, 0.5) is 5.69 Å². The Bertz CT molecular complexity index is 786. The minimum atomic E-state index is 0.0886. The molecule has 0 aliphatic heterocycles. The number of aromatic nitrogens is 2. The van der Waals surface area contributed by atoms with Gasteiger partial charge in [-0.3, -0.25) is 4.79 Å². The van der Waals surface area contributed by atoms with Gasteiger partial charge in [0.1, 0.15) is 0 Å². The molecule has 6 nitrogen and oxygen atoms in total. The molecule has 4 rings (SSSR count). The summed E-state index contributed by atoms with van der Waals surface area (Å²) in [4.78, 5) is 11.7. The molecule has 0 bridgehead atoms. The van der Waals surface area contributed by atoms with Crippen LogP contribution in [0.15, 0.2) is 51.5 Å². The summed E-state index contributed by atoms with van der Waals surface area (Å²) in [6.07, 6.45) is 3.53. The van der Waals surface area contributed by atoms with Crippen LogP contribution < -0.4 is 5.32 Å². The van der Waals surface area contributed by atoms with Gasteiger partial charge >= 0.3 is 0 Å². The van der Waals surface area contributed by atoms with Gasteiger partial charge in [0, 0.05) is 17.2 Å². The molecule has 0 radical (unpaired) electrons. The summed E-state index contributed by atoms with van der Waals surface area (Å²) in [6, 6.07) is 10.8. The SMILES string of the molecule is O=C(Nc1ccc(-c2nnc(-c3ccco3)o2)cc1)C1CC1. The first-order valence-corrected chi connectivity index (χ1v) is 7.08. The van der Waals surface area contributed by atoms with Gasteiger partial charge in [0.15, 0.2) is 5.76 Å². The lowest BCUT2D eigenvalue weighted by molar-refractivity contribution is -0.117. The lowest BCUT2D eigenvalue weighted by Crippen LogP contribution is -2.12. The van der Waals surface area contributed by atoms with Gasteiger partial charge in [0.2, 0.25) is 11.8 Å². The quantitative estimate of drug-likeness (QED) is 0.798. The molecule has 0 atom stereocenters. The van der Waals surface area contributed by atoms with E-state index in [9.17, 15) is 4.79 Å². The van der Waals surface area contributed by atoms with Crippen molar-refractivity contribution in [3.8, 4) is 23.1 Å². The minimum absolute atomic E-state index is 0.0886. The van der Waals surface area contributed by atoms with E-state index in [-0.39, 0.29) is 11.8 Å². The summed E-state index contributed by atoms with van der Waals surface area (Å²) >= 11 is 0. The first-order chi connectivity index (χ1) is 10.8. The molecule has 110 valence electrons. The van der Waals surface area contributed by atoms with Gasteiger partial charge in [-0.15, -0.1) is 10.2 Å². The third kappa shape index (κ3) is 2.50. The lowest BCUT2D eigenvalue weighted by atomic mass is 10.2. The molecule has 0 unspecified atom stereocenters. The first kappa shape index (κ1) is 12.8. The third-order valence-corrected chi connectivity index (χ3v) is 3.50. The Hall–Kier alpha value is -2.89. The predicted molar refractivity (Wildman–Crippen MR) is 78.8 cm³/mol. The minimum Gasteiger partial charge on any atom is -0.459 e. The highest BCUT2D eigenvalue weighted by molar-refractivity contribution is 5.94. The lowest BCUT2D eigenvalue weighted by Gasteiger charge is -2.04. The number of nitrogens with one attached hydrogen (secondary N) is 1. The van der Waals surface area contributed by atoms with E-state index in [1.807, 2.05) is 24.3 Å². The van der Waals surface area contributed by atoms with Gasteiger partial charge in [0.05, 0.1) is 6.26 Å². The second-order valence-corrected chi connectivity index (χ2v) is 5.23. The Labute approximate surface area is 126 Å². The Morgan fingerprint density at radius 2 is 1.86 bits per heavy atom. The Morgan fingerprint density at radius 1 is 1.09 bits per heavy atom. The van der Waals surface area contributed by atoms with Crippen molar-refractivity contribution in [2.45, 2.75) is 12.8 Å². The number of furan rings is 1. The Kier molecular flexibility index (Phi) is 3.00. The second-order valence-electron chi connectivity index (χ2n) is 5.23. The number of anilines is 1. The second kappa shape index (κ2) is 5.14. The van der Waals surface area contributed by atoms with E-state index in [0.29, 0.717) is 17.5 Å². The highest BCUT2D eigenvalue weighted by Gasteiger charge is 2.29. The molecular weight excluding hydrogens is 282 g/mol. The summed E-state index contributed by atoms with van der Waals surface area (Å²) in [6.45, 7) is 0. The predicted octanol–water partition coefficient (Wildman–Crippen LogP) is 3.35. The molecule has 1 fully saturated rings. The average molecular weight is 295 g/mol. The van der Waals surface area contributed by atoms with E-state index < -0.39 is 0 Å². The molecule has 22 heavy (non-hydrogen) atoms. The molecule has 0 saturated heterocycles. The zero-order chi connectivity index (χ0) is 14.9.